The first-order valence-electron chi connectivity index (χ1n) is 6.93. The van der Waals surface area contributed by atoms with Crippen molar-refractivity contribution < 1.29 is 13.2 Å². The number of anilines is 1. The zero-order valence-electron chi connectivity index (χ0n) is 12.3. The number of aryl methyl sites for hydroxylation is 1. The number of nitrogens with two attached hydrogens (primary N) is 2. The van der Waals surface area contributed by atoms with Gasteiger partial charge in [0, 0.05) is 12.2 Å². The van der Waals surface area contributed by atoms with Crippen LogP contribution in [0, 0.1) is 13.8 Å². The molecule has 1 atom stereocenters. The topological polar surface area (TPSA) is 106 Å². The second kappa shape index (κ2) is 5.65. The third-order valence-corrected chi connectivity index (χ3v) is 5.95. The molecule has 0 radical (unpaired) electrons. The van der Waals surface area contributed by atoms with E-state index in [-0.39, 0.29) is 4.90 Å². The SMILES string of the molecule is Cc1cc(N)c(C)c(S(=O)(=O)N2CCCCC2C(N)=O)c1. The van der Waals surface area contributed by atoms with Crippen molar-refractivity contribution in [1.29, 1.82) is 0 Å². The van der Waals surface area contributed by atoms with Crippen molar-refractivity contribution in [1.82, 2.24) is 4.31 Å². The fourth-order valence-electron chi connectivity index (χ4n) is 2.72. The first-order valence-corrected chi connectivity index (χ1v) is 8.37. The van der Waals surface area contributed by atoms with E-state index in [1.807, 2.05) is 0 Å². The molecule has 6 nitrogen and oxygen atoms in total. The molecule has 1 fully saturated rings. The normalized spacial score (nSPS) is 20.4. The van der Waals surface area contributed by atoms with Crippen LogP contribution in [0.15, 0.2) is 17.0 Å². The summed E-state index contributed by atoms with van der Waals surface area (Å²) in [6, 6.07) is 2.55. The second-order valence-corrected chi connectivity index (χ2v) is 7.37. The number of hydrogen-bond donors (Lipinski definition) is 2. The van der Waals surface area contributed by atoms with Crippen LogP contribution in [0.4, 0.5) is 5.69 Å². The van der Waals surface area contributed by atoms with E-state index in [0.29, 0.717) is 24.2 Å². The molecule has 0 aliphatic carbocycles. The lowest BCUT2D eigenvalue weighted by Gasteiger charge is -2.33. The van der Waals surface area contributed by atoms with Crippen LogP contribution in [0.3, 0.4) is 0 Å². The highest BCUT2D eigenvalue weighted by Crippen LogP contribution is 2.30. The summed E-state index contributed by atoms with van der Waals surface area (Å²) in [5, 5.41) is 0. The maximum Gasteiger partial charge on any atom is 0.244 e. The van der Waals surface area contributed by atoms with Crippen LogP contribution in [0.1, 0.15) is 30.4 Å². The van der Waals surface area contributed by atoms with Crippen molar-refractivity contribution in [2.75, 3.05) is 12.3 Å². The number of carbonyl (C=O) groups excluding carboxylic acids is 1. The molecule has 2 rings (SSSR count). The molecule has 116 valence electrons. The largest absolute Gasteiger partial charge is 0.398 e. The minimum absolute atomic E-state index is 0.160. The summed E-state index contributed by atoms with van der Waals surface area (Å²) in [7, 11) is -3.78. The van der Waals surface area contributed by atoms with E-state index in [4.69, 9.17) is 11.5 Å². The molecule has 0 bridgehead atoms. The van der Waals surface area contributed by atoms with Gasteiger partial charge in [0.05, 0.1) is 4.90 Å². The lowest BCUT2D eigenvalue weighted by Crippen LogP contribution is -2.50. The minimum Gasteiger partial charge on any atom is -0.398 e. The van der Waals surface area contributed by atoms with Crippen LogP contribution < -0.4 is 11.5 Å². The Morgan fingerprint density at radius 1 is 1.29 bits per heavy atom. The van der Waals surface area contributed by atoms with Crippen molar-refractivity contribution in [3.8, 4) is 0 Å². The summed E-state index contributed by atoms with van der Waals surface area (Å²) in [4.78, 5) is 11.7. The summed E-state index contributed by atoms with van der Waals surface area (Å²) in [6.45, 7) is 3.77. The Hall–Kier alpha value is -1.60. The van der Waals surface area contributed by atoms with Gasteiger partial charge in [0.25, 0.3) is 0 Å². The van der Waals surface area contributed by atoms with E-state index >= 15 is 0 Å². The molecule has 1 aromatic carbocycles. The van der Waals surface area contributed by atoms with Crippen LogP contribution in [0.25, 0.3) is 0 Å². The average Bonchev–Trinajstić information content (AvgIpc) is 2.42. The molecule has 1 aromatic rings. The van der Waals surface area contributed by atoms with E-state index in [2.05, 4.69) is 0 Å². The molecule has 1 aliphatic rings. The summed E-state index contributed by atoms with van der Waals surface area (Å²) in [5.41, 5.74) is 12.9. The molecule has 1 aliphatic heterocycles. The van der Waals surface area contributed by atoms with E-state index in [0.717, 1.165) is 18.4 Å². The van der Waals surface area contributed by atoms with Crippen molar-refractivity contribution >= 4 is 21.6 Å². The monoisotopic (exact) mass is 311 g/mol. The number of nitrogens with zero attached hydrogens (tertiary/aromatic N) is 1. The Morgan fingerprint density at radius 3 is 2.57 bits per heavy atom. The molecule has 7 heteroatoms. The Labute approximate surface area is 125 Å². The minimum atomic E-state index is -3.78. The Kier molecular flexibility index (Phi) is 4.25. The van der Waals surface area contributed by atoms with Gasteiger partial charge in [-0.15, -0.1) is 0 Å². The van der Waals surface area contributed by atoms with Gasteiger partial charge >= 0.3 is 0 Å². The van der Waals surface area contributed by atoms with Gasteiger partial charge in [-0.25, -0.2) is 8.42 Å². The Bertz CT molecular complexity index is 670. The van der Waals surface area contributed by atoms with Crippen LogP contribution >= 0.6 is 0 Å². The van der Waals surface area contributed by atoms with Crippen molar-refractivity contribution in [2.24, 2.45) is 5.73 Å². The number of benzene rings is 1. The number of sulfonamides is 1. The van der Waals surface area contributed by atoms with Crippen LogP contribution in [0.5, 0.6) is 0 Å². The number of rotatable bonds is 3. The summed E-state index contributed by atoms with van der Waals surface area (Å²) < 4.78 is 27.0. The number of hydrogen-bond acceptors (Lipinski definition) is 4. The highest BCUT2D eigenvalue weighted by molar-refractivity contribution is 7.89. The number of primary amides is 1. The Morgan fingerprint density at radius 2 is 1.95 bits per heavy atom. The van der Waals surface area contributed by atoms with Crippen molar-refractivity contribution in [3.05, 3.63) is 23.3 Å². The standard InChI is InChI=1S/C14H21N3O3S/c1-9-7-11(15)10(2)13(8-9)21(19,20)17-6-4-3-5-12(17)14(16)18/h7-8,12H,3-6,15H2,1-2H3,(H2,16,18). The summed E-state index contributed by atoms with van der Waals surface area (Å²) >= 11 is 0. The van der Waals surface area contributed by atoms with Crippen LogP contribution in [-0.2, 0) is 14.8 Å². The van der Waals surface area contributed by atoms with Gasteiger partial charge in [0.2, 0.25) is 15.9 Å². The molecule has 0 spiro atoms. The van der Waals surface area contributed by atoms with Crippen LogP contribution in [-0.4, -0.2) is 31.2 Å². The molecule has 0 saturated carbocycles. The van der Waals surface area contributed by atoms with E-state index in [1.165, 1.54) is 4.31 Å². The predicted molar refractivity (Wildman–Crippen MR) is 81.1 cm³/mol. The van der Waals surface area contributed by atoms with E-state index < -0.39 is 22.0 Å². The van der Waals surface area contributed by atoms with Gasteiger partial charge in [-0.3, -0.25) is 4.79 Å². The van der Waals surface area contributed by atoms with Gasteiger partial charge < -0.3 is 11.5 Å². The Balaban J connectivity index is 2.53. The van der Waals surface area contributed by atoms with E-state index in [1.54, 1.807) is 26.0 Å². The third-order valence-electron chi connectivity index (χ3n) is 3.91. The molecule has 1 saturated heterocycles. The van der Waals surface area contributed by atoms with Crippen molar-refractivity contribution in [2.45, 2.75) is 44.0 Å². The van der Waals surface area contributed by atoms with E-state index in [9.17, 15) is 13.2 Å². The zero-order valence-corrected chi connectivity index (χ0v) is 13.1. The zero-order chi connectivity index (χ0) is 15.8. The van der Waals surface area contributed by atoms with Gasteiger partial charge in [0.15, 0.2) is 0 Å². The van der Waals surface area contributed by atoms with Gasteiger partial charge in [-0.1, -0.05) is 6.42 Å². The summed E-state index contributed by atoms with van der Waals surface area (Å²) in [5.74, 6) is -0.600. The van der Waals surface area contributed by atoms with Gasteiger partial charge in [-0.05, 0) is 49.9 Å². The first-order chi connectivity index (χ1) is 9.75. The molecule has 4 N–H and O–H groups in total. The molecular formula is C14H21N3O3S. The smallest absolute Gasteiger partial charge is 0.244 e. The predicted octanol–water partition coefficient (Wildman–Crippen LogP) is 0.914. The summed E-state index contributed by atoms with van der Waals surface area (Å²) in [6.07, 6.45) is 1.99. The highest BCUT2D eigenvalue weighted by atomic mass is 32.2. The average molecular weight is 311 g/mol. The molecule has 1 heterocycles. The molecule has 1 amide bonds. The number of nitrogen functional groups attached to an aromatic ring is 1. The lowest BCUT2D eigenvalue weighted by atomic mass is 10.0. The fourth-order valence-corrected chi connectivity index (χ4v) is 4.73. The quantitative estimate of drug-likeness (QED) is 0.809. The molecular weight excluding hydrogens is 290 g/mol. The molecule has 0 aromatic heterocycles. The lowest BCUT2D eigenvalue weighted by molar-refractivity contribution is -0.122. The highest BCUT2D eigenvalue weighted by Gasteiger charge is 2.37. The van der Waals surface area contributed by atoms with Gasteiger partial charge in [-0.2, -0.15) is 4.31 Å². The first kappa shape index (κ1) is 15.8. The maximum absolute atomic E-state index is 12.9. The van der Waals surface area contributed by atoms with Crippen LogP contribution in [0.2, 0.25) is 0 Å². The van der Waals surface area contributed by atoms with Crippen molar-refractivity contribution in [3.63, 3.8) is 0 Å². The van der Waals surface area contributed by atoms with Gasteiger partial charge in [0.1, 0.15) is 6.04 Å². The second-order valence-electron chi connectivity index (χ2n) is 5.51. The number of carbonyl (C=O) groups is 1. The maximum atomic E-state index is 12.9. The number of piperidine rings is 1. The molecule has 21 heavy (non-hydrogen) atoms. The fraction of sp³-hybridized carbons (Fsp3) is 0.500. The number of amides is 1. The third kappa shape index (κ3) is 2.89. The molecule has 1 unspecified atom stereocenters.